The summed E-state index contributed by atoms with van der Waals surface area (Å²) < 4.78 is 0. The number of carbonyl (C=O) groups excluding carboxylic acids is 1. The predicted octanol–water partition coefficient (Wildman–Crippen LogP) is 25.4. The van der Waals surface area contributed by atoms with Crippen molar-refractivity contribution >= 4 is 5.91 Å². The SMILES string of the molecule is CC/C=C\C/C=C\C/C=C\C/C=C\C/C=C\C/C=C\C/C=C\C/C=C\C/C=C\C/C=C\CCCCCCCCCCCCC(=O)NC(CO)C(O)/C=C/CC/C=C/CCCCCCCCCCCCCCCCCCCCCCCCCCCC. The summed E-state index contributed by atoms with van der Waals surface area (Å²) in [6.45, 7) is 4.20. The number of unbranched alkanes of at least 4 members (excludes halogenated alkanes) is 37. The number of amides is 1. The van der Waals surface area contributed by atoms with Crippen molar-refractivity contribution < 1.29 is 15.0 Å². The number of aliphatic hydroxyl groups is 2. The Labute approximate surface area is 529 Å². The third-order valence-corrected chi connectivity index (χ3v) is 16.1. The normalized spacial score (nSPS) is 13.6. The molecule has 0 bridgehead atoms. The van der Waals surface area contributed by atoms with E-state index in [-0.39, 0.29) is 12.5 Å². The highest BCUT2D eigenvalue weighted by Crippen LogP contribution is 2.18. The molecule has 0 fully saturated rings. The van der Waals surface area contributed by atoms with Crippen LogP contribution in [0, 0.1) is 0 Å². The fourth-order valence-corrected chi connectivity index (χ4v) is 10.6. The number of hydrogen-bond donors (Lipinski definition) is 3. The summed E-state index contributed by atoms with van der Waals surface area (Å²) >= 11 is 0. The molecule has 0 aromatic carbocycles. The maximum atomic E-state index is 12.5. The molecule has 0 aliphatic heterocycles. The van der Waals surface area contributed by atoms with Crippen LogP contribution >= 0.6 is 0 Å². The van der Waals surface area contributed by atoms with Crippen molar-refractivity contribution in [1.82, 2.24) is 5.32 Å². The van der Waals surface area contributed by atoms with Crippen LogP contribution in [0.4, 0.5) is 0 Å². The number of aliphatic hydroxyl groups excluding tert-OH is 2. The minimum atomic E-state index is -0.876. The highest BCUT2D eigenvalue weighted by molar-refractivity contribution is 5.76. The van der Waals surface area contributed by atoms with Gasteiger partial charge in [-0.1, -0.05) is 372 Å². The lowest BCUT2D eigenvalue weighted by atomic mass is 10.0. The van der Waals surface area contributed by atoms with Gasteiger partial charge in [-0.15, -0.1) is 0 Å². The van der Waals surface area contributed by atoms with E-state index in [1.54, 1.807) is 6.08 Å². The molecular formula is C81H139NO3. The second-order valence-corrected chi connectivity index (χ2v) is 24.3. The first-order chi connectivity index (χ1) is 42.2. The number of hydrogen-bond acceptors (Lipinski definition) is 3. The van der Waals surface area contributed by atoms with E-state index in [0.717, 1.165) is 103 Å². The first kappa shape index (κ1) is 81.3. The van der Waals surface area contributed by atoms with Gasteiger partial charge in [-0.05, 0) is 109 Å². The topological polar surface area (TPSA) is 69.6 Å². The number of rotatable bonds is 66. The molecule has 2 unspecified atom stereocenters. The molecule has 0 rings (SSSR count). The standard InChI is InChI=1S/C81H139NO3/c1-3-5-7-9-11-13-15-17-19-21-23-25-27-29-31-33-35-37-38-39-40-41-42-43-44-45-47-49-51-53-55-57-59-61-63-65-67-69-71-73-75-77-81(85)82-79(78-83)80(84)76-74-72-70-68-66-64-62-60-58-56-54-52-50-48-46-36-34-32-30-28-26-24-22-20-18-16-14-12-10-8-6-4-2/h5,7,11,13,17,19,23,25,29,31,35,37,39-40,42-43,45,47,51,53,66,68,74,76,79-80,83-84H,3-4,6,8-10,12,14-16,18,20-22,24,26-28,30,32-34,36,38,41,44,46,48-50,52,54-65,67,69-73,75,77-78H2,1-2H3,(H,82,85)/b7-5-,13-11-,19-17-,25-23-,31-29-,37-35-,40-39-,43-42-,47-45-,53-51-,68-66+,76-74+. The molecule has 4 heteroatoms. The molecule has 0 spiro atoms. The van der Waals surface area contributed by atoms with E-state index in [0.29, 0.717) is 6.42 Å². The third-order valence-electron chi connectivity index (χ3n) is 16.1. The maximum absolute atomic E-state index is 12.5. The molecule has 3 N–H and O–H groups in total. The fraction of sp³-hybridized carbons (Fsp3) is 0.691. The zero-order valence-corrected chi connectivity index (χ0v) is 56.1. The Morgan fingerprint density at radius 2 is 0.529 bits per heavy atom. The summed E-state index contributed by atoms with van der Waals surface area (Å²) in [5.41, 5.74) is 0. The lowest BCUT2D eigenvalue weighted by Gasteiger charge is -2.19. The Balaban J connectivity index is 3.58. The monoisotopic (exact) mass is 1170 g/mol. The summed E-state index contributed by atoms with van der Waals surface area (Å²) in [6, 6.07) is -0.653. The van der Waals surface area contributed by atoms with Crippen LogP contribution in [0.15, 0.2) is 146 Å². The highest BCUT2D eigenvalue weighted by atomic mass is 16.3. The first-order valence-electron chi connectivity index (χ1n) is 36.5. The number of nitrogens with one attached hydrogen (secondary N) is 1. The summed E-state index contributed by atoms with van der Waals surface area (Å²) in [4.78, 5) is 12.5. The molecule has 1 amide bonds. The van der Waals surface area contributed by atoms with Crippen molar-refractivity contribution in [3.8, 4) is 0 Å². The molecule has 0 aliphatic rings. The van der Waals surface area contributed by atoms with E-state index in [4.69, 9.17) is 0 Å². The van der Waals surface area contributed by atoms with E-state index >= 15 is 0 Å². The molecule has 0 aliphatic carbocycles. The third kappa shape index (κ3) is 70.9. The van der Waals surface area contributed by atoms with Crippen LogP contribution in [0.25, 0.3) is 0 Å². The van der Waals surface area contributed by atoms with Gasteiger partial charge in [0.2, 0.25) is 5.91 Å². The van der Waals surface area contributed by atoms with Crippen LogP contribution in [-0.2, 0) is 4.79 Å². The Hall–Kier alpha value is -3.73. The molecule has 2 atom stereocenters. The molecule has 0 saturated carbocycles. The predicted molar refractivity (Wildman–Crippen MR) is 382 cm³/mol. The summed E-state index contributed by atoms with van der Waals surface area (Å²) in [7, 11) is 0. The Morgan fingerprint density at radius 1 is 0.294 bits per heavy atom. The molecule has 4 nitrogen and oxygen atoms in total. The summed E-state index contributed by atoms with van der Waals surface area (Å²) in [6.07, 6.45) is 117. The van der Waals surface area contributed by atoms with Crippen molar-refractivity contribution in [2.75, 3.05) is 6.61 Å². The average molecular weight is 1180 g/mol. The molecule has 0 aromatic rings. The Bertz CT molecular complexity index is 1720. The highest BCUT2D eigenvalue weighted by Gasteiger charge is 2.18. The molecular weight excluding hydrogens is 1030 g/mol. The molecule has 85 heavy (non-hydrogen) atoms. The van der Waals surface area contributed by atoms with Crippen molar-refractivity contribution in [1.29, 1.82) is 0 Å². The van der Waals surface area contributed by atoms with E-state index in [1.807, 2.05) is 6.08 Å². The van der Waals surface area contributed by atoms with Crippen molar-refractivity contribution in [2.45, 2.75) is 353 Å². The van der Waals surface area contributed by atoms with Crippen LogP contribution in [0.3, 0.4) is 0 Å². The summed E-state index contributed by atoms with van der Waals surface area (Å²) in [5, 5.41) is 23.3. The first-order valence-corrected chi connectivity index (χ1v) is 36.5. The molecule has 0 aromatic heterocycles. The van der Waals surface area contributed by atoms with E-state index in [1.165, 1.54) is 218 Å². The largest absolute Gasteiger partial charge is 0.394 e. The smallest absolute Gasteiger partial charge is 0.220 e. The van der Waals surface area contributed by atoms with Crippen LogP contribution in [0.5, 0.6) is 0 Å². The van der Waals surface area contributed by atoms with Crippen LogP contribution in [0.1, 0.15) is 341 Å². The molecule has 486 valence electrons. The molecule has 0 heterocycles. The van der Waals surface area contributed by atoms with E-state index < -0.39 is 12.1 Å². The van der Waals surface area contributed by atoms with Gasteiger partial charge in [0.15, 0.2) is 0 Å². The van der Waals surface area contributed by atoms with Crippen molar-refractivity contribution in [3.63, 3.8) is 0 Å². The van der Waals surface area contributed by atoms with E-state index in [2.05, 4.69) is 153 Å². The fourth-order valence-electron chi connectivity index (χ4n) is 10.6. The summed E-state index contributed by atoms with van der Waals surface area (Å²) in [5.74, 6) is -0.0806. The minimum absolute atomic E-state index is 0.0806. The lowest BCUT2D eigenvalue weighted by Crippen LogP contribution is -2.45. The zero-order valence-electron chi connectivity index (χ0n) is 56.1. The van der Waals surface area contributed by atoms with Gasteiger partial charge >= 0.3 is 0 Å². The van der Waals surface area contributed by atoms with Gasteiger partial charge < -0.3 is 15.5 Å². The van der Waals surface area contributed by atoms with Gasteiger partial charge in [0, 0.05) is 6.42 Å². The van der Waals surface area contributed by atoms with E-state index in [9.17, 15) is 15.0 Å². The average Bonchev–Trinajstić information content (AvgIpc) is 3.51. The minimum Gasteiger partial charge on any atom is -0.394 e. The Kier molecular flexibility index (Phi) is 71.3. The lowest BCUT2D eigenvalue weighted by molar-refractivity contribution is -0.123. The molecule has 0 radical (unpaired) electrons. The van der Waals surface area contributed by atoms with Gasteiger partial charge in [0.05, 0.1) is 18.8 Å². The Morgan fingerprint density at radius 3 is 0.824 bits per heavy atom. The van der Waals surface area contributed by atoms with Crippen molar-refractivity contribution in [2.24, 2.45) is 0 Å². The quantitative estimate of drug-likeness (QED) is 0.0420. The van der Waals surface area contributed by atoms with Crippen molar-refractivity contribution in [3.05, 3.63) is 146 Å². The van der Waals surface area contributed by atoms with Crippen LogP contribution in [0.2, 0.25) is 0 Å². The second-order valence-electron chi connectivity index (χ2n) is 24.3. The van der Waals surface area contributed by atoms with Gasteiger partial charge in [0.25, 0.3) is 0 Å². The van der Waals surface area contributed by atoms with Gasteiger partial charge in [-0.2, -0.15) is 0 Å². The number of allylic oxidation sites excluding steroid dienone is 23. The maximum Gasteiger partial charge on any atom is 0.220 e. The zero-order chi connectivity index (χ0) is 61.2. The molecule has 0 saturated heterocycles. The second kappa shape index (κ2) is 74.5. The van der Waals surface area contributed by atoms with Gasteiger partial charge in [0.1, 0.15) is 0 Å². The van der Waals surface area contributed by atoms with Gasteiger partial charge in [-0.3, -0.25) is 4.79 Å². The van der Waals surface area contributed by atoms with Crippen LogP contribution < -0.4 is 5.32 Å². The number of carbonyl (C=O) groups is 1. The van der Waals surface area contributed by atoms with Gasteiger partial charge in [-0.25, -0.2) is 0 Å². The van der Waals surface area contributed by atoms with Crippen LogP contribution in [-0.4, -0.2) is 34.9 Å².